The highest BCUT2D eigenvalue weighted by Crippen LogP contribution is 2.29. The van der Waals surface area contributed by atoms with Crippen LogP contribution in [0.2, 0.25) is 0 Å². The Labute approximate surface area is 122 Å². The molecular formula is C12H21N3O2S2. The molecule has 0 aromatic carbocycles. The summed E-state index contributed by atoms with van der Waals surface area (Å²) < 4.78 is 5.88. The summed E-state index contributed by atoms with van der Waals surface area (Å²) in [6.45, 7) is 9.41. The molecule has 5 nitrogen and oxygen atoms in total. The summed E-state index contributed by atoms with van der Waals surface area (Å²) in [5.74, 6) is 0.363. The zero-order valence-corrected chi connectivity index (χ0v) is 13.4. The van der Waals surface area contributed by atoms with Crippen LogP contribution in [0.1, 0.15) is 34.1 Å². The van der Waals surface area contributed by atoms with E-state index in [1.165, 1.54) is 23.1 Å². The van der Waals surface area contributed by atoms with E-state index in [9.17, 15) is 4.79 Å². The van der Waals surface area contributed by atoms with Crippen molar-refractivity contribution in [3.05, 3.63) is 0 Å². The third-order valence-electron chi connectivity index (χ3n) is 2.13. The quantitative estimate of drug-likeness (QED) is 0.588. The summed E-state index contributed by atoms with van der Waals surface area (Å²) >= 11 is 2.85. The summed E-state index contributed by atoms with van der Waals surface area (Å²) in [6.07, 6.45) is 0.838. The molecule has 1 rings (SSSR count). The van der Waals surface area contributed by atoms with Crippen LogP contribution in [0.5, 0.6) is 0 Å². The molecule has 7 heteroatoms. The van der Waals surface area contributed by atoms with Crippen molar-refractivity contribution >= 4 is 34.2 Å². The predicted molar refractivity (Wildman–Crippen MR) is 79.8 cm³/mol. The number of thioether (sulfide) groups is 1. The number of hydrogen-bond acceptors (Lipinski definition) is 7. The van der Waals surface area contributed by atoms with Gasteiger partial charge in [-0.2, -0.15) is 0 Å². The second-order valence-electron chi connectivity index (χ2n) is 4.58. The fourth-order valence-corrected chi connectivity index (χ4v) is 3.04. The van der Waals surface area contributed by atoms with Crippen molar-refractivity contribution in [3.8, 4) is 0 Å². The molecule has 0 radical (unpaired) electrons. The van der Waals surface area contributed by atoms with Crippen LogP contribution >= 0.6 is 23.1 Å². The standard InChI is InChI=1S/C12H21N3O2S2/c1-5-6-17-10(16)9(4)18-12-15-14-11(19-12)13-7-8(2)3/h8-9H,5-7H2,1-4H3,(H,13,14). The summed E-state index contributed by atoms with van der Waals surface area (Å²) in [6, 6.07) is 0. The Balaban J connectivity index is 2.42. The monoisotopic (exact) mass is 303 g/mol. The van der Waals surface area contributed by atoms with E-state index in [0.29, 0.717) is 12.5 Å². The lowest BCUT2D eigenvalue weighted by Crippen LogP contribution is -2.17. The highest BCUT2D eigenvalue weighted by Gasteiger charge is 2.18. The molecule has 0 aliphatic heterocycles. The van der Waals surface area contributed by atoms with Gasteiger partial charge < -0.3 is 10.1 Å². The van der Waals surface area contributed by atoms with Gasteiger partial charge in [0.1, 0.15) is 5.25 Å². The third-order valence-corrected chi connectivity index (χ3v) is 4.17. The van der Waals surface area contributed by atoms with Gasteiger partial charge in [0.2, 0.25) is 5.13 Å². The molecule has 1 atom stereocenters. The smallest absolute Gasteiger partial charge is 0.319 e. The van der Waals surface area contributed by atoms with E-state index >= 15 is 0 Å². The SMILES string of the molecule is CCCOC(=O)C(C)Sc1nnc(NCC(C)C)s1. The first-order valence-electron chi connectivity index (χ1n) is 6.43. The van der Waals surface area contributed by atoms with Crippen molar-refractivity contribution in [2.75, 3.05) is 18.5 Å². The Morgan fingerprint density at radius 2 is 2.16 bits per heavy atom. The molecule has 0 fully saturated rings. The molecule has 1 heterocycles. The van der Waals surface area contributed by atoms with Gasteiger partial charge in [-0.25, -0.2) is 0 Å². The molecule has 1 aromatic heterocycles. The second kappa shape index (κ2) is 8.37. The minimum absolute atomic E-state index is 0.196. The number of nitrogens with zero attached hydrogens (tertiary/aromatic N) is 2. The minimum atomic E-state index is -0.252. The van der Waals surface area contributed by atoms with Crippen molar-refractivity contribution in [1.29, 1.82) is 0 Å². The highest BCUT2D eigenvalue weighted by atomic mass is 32.2. The van der Waals surface area contributed by atoms with Gasteiger partial charge in [0.25, 0.3) is 0 Å². The van der Waals surface area contributed by atoms with Crippen LogP contribution in [0, 0.1) is 5.92 Å². The predicted octanol–water partition coefficient (Wildman–Crippen LogP) is 3.04. The zero-order chi connectivity index (χ0) is 14.3. The van der Waals surface area contributed by atoms with Crippen LogP contribution in [0.4, 0.5) is 5.13 Å². The number of hydrogen-bond donors (Lipinski definition) is 1. The zero-order valence-electron chi connectivity index (χ0n) is 11.8. The molecule has 0 aliphatic carbocycles. The van der Waals surface area contributed by atoms with Crippen molar-refractivity contribution in [1.82, 2.24) is 10.2 Å². The van der Waals surface area contributed by atoms with E-state index in [4.69, 9.17) is 4.74 Å². The Hall–Kier alpha value is -0.820. The van der Waals surface area contributed by atoms with Gasteiger partial charge in [0.15, 0.2) is 4.34 Å². The lowest BCUT2D eigenvalue weighted by atomic mass is 10.2. The van der Waals surface area contributed by atoms with Crippen LogP contribution in [-0.2, 0) is 9.53 Å². The summed E-state index contributed by atoms with van der Waals surface area (Å²) in [5, 5.41) is 11.9. The van der Waals surface area contributed by atoms with Crippen molar-refractivity contribution in [3.63, 3.8) is 0 Å². The number of anilines is 1. The lowest BCUT2D eigenvalue weighted by molar-refractivity contribution is -0.142. The Morgan fingerprint density at radius 1 is 1.42 bits per heavy atom. The fraction of sp³-hybridized carbons (Fsp3) is 0.750. The first kappa shape index (κ1) is 16.2. The topological polar surface area (TPSA) is 64.1 Å². The van der Waals surface area contributed by atoms with Crippen molar-refractivity contribution in [2.24, 2.45) is 5.92 Å². The second-order valence-corrected chi connectivity index (χ2v) is 7.14. The van der Waals surface area contributed by atoms with Gasteiger partial charge in [-0.1, -0.05) is 43.9 Å². The van der Waals surface area contributed by atoms with Crippen LogP contribution in [0.15, 0.2) is 4.34 Å². The maximum Gasteiger partial charge on any atom is 0.319 e. The number of nitrogens with one attached hydrogen (secondary N) is 1. The Bertz CT molecular complexity index is 396. The molecule has 0 amide bonds. The Morgan fingerprint density at radius 3 is 2.79 bits per heavy atom. The van der Waals surface area contributed by atoms with Gasteiger partial charge in [-0.15, -0.1) is 10.2 Å². The number of carbonyl (C=O) groups is 1. The van der Waals surface area contributed by atoms with E-state index in [1.807, 2.05) is 13.8 Å². The van der Waals surface area contributed by atoms with E-state index in [1.54, 1.807) is 0 Å². The molecule has 0 saturated heterocycles. The first-order valence-corrected chi connectivity index (χ1v) is 8.13. The third kappa shape index (κ3) is 6.24. The number of esters is 1. The van der Waals surface area contributed by atoms with E-state index < -0.39 is 0 Å². The van der Waals surface area contributed by atoms with E-state index in [0.717, 1.165) is 22.4 Å². The molecule has 0 spiro atoms. The largest absolute Gasteiger partial charge is 0.465 e. The molecule has 0 saturated carbocycles. The van der Waals surface area contributed by atoms with Gasteiger partial charge in [0, 0.05) is 6.54 Å². The van der Waals surface area contributed by atoms with E-state index in [-0.39, 0.29) is 11.2 Å². The number of carbonyl (C=O) groups excluding carboxylic acids is 1. The lowest BCUT2D eigenvalue weighted by Gasteiger charge is -2.08. The Kier molecular flexibility index (Phi) is 7.15. The fourth-order valence-electron chi connectivity index (χ4n) is 1.14. The van der Waals surface area contributed by atoms with Crippen LogP contribution < -0.4 is 5.32 Å². The number of rotatable bonds is 8. The van der Waals surface area contributed by atoms with Crippen molar-refractivity contribution in [2.45, 2.75) is 43.7 Å². The number of aromatic nitrogens is 2. The molecule has 1 unspecified atom stereocenters. The minimum Gasteiger partial charge on any atom is -0.465 e. The highest BCUT2D eigenvalue weighted by molar-refractivity contribution is 8.02. The van der Waals surface area contributed by atoms with Gasteiger partial charge >= 0.3 is 5.97 Å². The molecule has 108 valence electrons. The van der Waals surface area contributed by atoms with Gasteiger partial charge in [-0.05, 0) is 19.3 Å². The van der Waals surface area contributed by atoms with Crippen molar-refractivity contribution < 1.29 is 9.53 Å². The average molecular weight is 303 g/mol. The van der Waals surface area contributed by atoms with Crippen LogP contribution in [0.3, 0.4) is 0 Å². The molecule has 0 bridgehead atoms. The average Bonchev–Trinajstić information content (AvgIpc) is 2.81. The van der Waals surface area contributed by atoms with Crippen LogP contribution in [-0.4, -0.2) is 34.6 Å². The molecular weight excluding hydrogens is 282 g/mol. The molecule has 0 aliphatic rings. The summed E-state index contributed by atoms with van der Waals surface area (Å²) in [4.78, 5) is 11.6. The van der Waals surface area contributed by atoms with Gasteiger partial charge in [0.05, 0.1) is 6.61 Å². The van der Waals surface area contributed by atoms with E-state index in [2.05, 4.69) is 29.4 Å². The first-order chi connectivity index (χ1) is 9.02. The molecule has 19 heavy (non-hydrogen) atoms. The number of ether oxygens (including phenoxy) is 1. The maximum atomic E-state index is 11.6. The maximum absolute atomic E-state index is 11.6. The normalized spacial score (nSPS) is 12.5. The summed E-state index contributed by atoms with van der Waals surface area (Å²) in [5.41, 5.74) is 0. The molecule has 1 N–H and O–H groups in total. The van der Waals surface area contributed by atoms with Gasteiger partial charge in [-0.3, -0.25) is 4.79 Å². The summed E-state index contributed by atoms with van der Waals surface area (Å²) in [7, 11) is 0. The molecule has 1 aromatic rings. The van der Waals surface area contributed by atoms with Crippen LogP contribution in [0.25, 0.3) is 0 Å².